The molecule has 0 radical (unpaired) electrons. The van der Waals surface area contributed by atoms with Crippen molar-refractivity contribution in [3.63, 3.8) is 0 Å². The van der Waals surface area contributed by atoms with Crippen LogP contribution in [0.15, 0.2) is 6.20 Å². The first kappa shape index (κ1) is 7.47. The Hall–Kier alpha value is -0.640. The highest BCUT2D eigenvalue weighted by Gasteiger charge is 2.18. The van der Waals surface area contributed by atoms with Crippen LogP contribution in [0.2, 0.25) is 0 Å². The third-order valence-corrected chi connectivity index (χ3v) is 1.86. The van der Waals surface area contributed by atoms with Gasteiger partial charge in [-0.05, 0) is 6.92 Å². The Labute approximate surface area is 57.3 Å². The predicted molar refractivity (Wildman–Crippen MR) is 35.0 cm³/mol. The van der Waals surface area contributed by atoms with Crippen LogP contribution in [0.4, 0.5) is 0 Å². The molecule has 0 saturated heterocycles. The number of nitrogens with zero attached hydrogens (tertiary/aromatic N) is 1. The highest BCUT2D eigenvalue weighted by atomic mass is 31.2. The van der Waals surface area contributed by atoms with E-state index in [4.69, 9.17) is 9.79 Å². The quantitative estimate of drug-likeness (QED) is 0.487. The summed E-state index contributed by atoms with van der Waals surface area (Å²) >= 11 is 0. The lowest BCUT2D eigenvalue weighted by Crippen LogP contribution is -2.03. The number of aryl methyl sites for hydroxylation is 1. The summed E-state index contributed by atoms with van der Waals surface area (Å²) in [4.78, 5) is 23.2. The molecule has 3 N–H and O–H groups in total. The molecule has 10 heavy (non-hydrogen) atoms. The number of rotatable bonds is 1. The summed E-state index contributed by atoms with van der Waals surface area (Å²) < 4.78 is 10.5. The zero-order valence-corrected chi connectivity index (χ0v) is 6.17. The first-order valence-electron chi connectivity index (χ1n) is 2.58. The van der Waals surface area contributed by atoms with E-state index in [1.807, 2.05) is 0 Å². The summed E-state index contributed by atoms with van der Waals surface area (Å²) in [6, 6.07) is 0. The van der Waals surface area contributed by atoms with Crippen LogP contribution in [0.25, 0.3) is 0 Å². The van der Waals surface area contributed by atoms with Crippen molar-refractivity contribution in [2.24, 2.45) is 0 Å². The van der Waals surface area contributed by atoms with Crippen LogP contribution in [0, 0.1) is 6.92 Å². The molecule has 5 nitrogen and oxygen atoms in total. The van der Waals surface area contributed by atoms with Gasteiger partial charge in [-0.2, -0.15) is 0 Å². The summed E-state index contributed by atoms with van der Waals surface area (Å²) in [5.41, 5.74) is -0.134. The molecule has 0 aromatic carbocycles. The third-order valence-electron chi connectivity index (χ3n) is 1.00. The van der Waals surface area contributed by atoms with Crippen molar-refractivity contribution < 1.29 is 14.4 Å². The minimum atomic E-state index is -4.12. The molecule has 0 atom stereocenters. The third kappa shape index (κ3) is 1.44. The highest BCUT2D eigenvalue weighted by Crippen LogP contribution is 2.31. The highest BCUT2D eigenvalue weighted by molar-refractivity contribution is 7.60. The van der Waals surface area contributed by atoms with Gasteiger partial charge >= 0.3 is 7.60 Å². The van der Waals surface area contributed by atoms with Crippen molar-refractivity contribution in [2.45, 2.75) is 6.92 Å². The second-order valence-electron chi connectivity index (χ2n) is 1.90. The van der Waals surface area contributed by atoms with E-state index in [1.165, 1.54) is 0 Å². The van der Waals surface area contributed by atoms with Gasteiger partial charge in [-0.15, -0.1) is 0 Å². The maximum atomic E-state index is 10.5. The average Bonchev–Trinajstić information content (AvgIpc) is 2.11. The lowest BCUT2D eigenvalue weighted by molar-refractivity contribution is 0.386. The van der Waals surface area contributed by atoms with Crippen LogP contribution in [0.5, 0.6) is 0 Å². The standard InChI is InChI=1S/C4H7N2O3P/c1-3-5-2-4(6-3)10(7,8)9/h2H,1H3,(H,5,6)(H2,7,8,9). The zero-order chi connectivity index (χ0) is 7.78. The van der Waals surface area contributed by atoms with Gasteiger partial charge in [0, 0.05) is 0 Å². The minimum absolute atomic E-state index is 0.134. The van der Waals surface area contributed by atoms with E-state index in [9.17, 15) is 4.57 Å². The Balaban J connectivity index is 3.08. The van der Waals surface area contributed by atoms with Gasteiger partial charge in [0.25, 0.3) is 0 Å². The number of hydrogen-bond acceptors (Lipinski definition) is 2. The van der Waals surface area contributed by atoms with Gasteiger partial charge in [0.05, 0.1) is 6.20 Å². The fourth-order valence-electron chi connectivity index (χ4n) is 0.556. The van der Waals surface area contributed by atoms with Gasteiger partial charge in [0.1, 0.15) is 11.3 Å². The molecule has 0 saturated carbocycles. The van der Waals surface area contributed by atoms with Crippen LogP contribution in [-0.4, -0.2) is 19.8 Å². The van der Waals surface area contributed by atoms with E-state index >= 15 is 0 Å². The number of imidazole rings is 1. The molecule has 1 rings (SSSR count). The molecular formula is C4H7N2O3P. The second-order valence-corrected chi connectivity index (χ2v) is 3.47. The zero-order valence-electron chi connectivity index (χ0n) is 5.27. The molecule has 0 amide bonds. The van der Waals surface area contributed by atoms with Crippen LogP contribution in [0.3, 0.4) is 0 Å². The minimum Gasteiger partial charge on any atom is -0.336 e. The molecule has 0 unspecified atom stereocenters. The number of hydrogen-bond donors (Lipinski definition) is 3. The summed E-state index contributed by atoms with van der Waals surface area (Å²) in [6.45, 7) is 1.62. The van der Waals surface area contributed by atoms with E-state index < -0.39 is 7.60 Å². The number of H-pyrrole nitrogens is 1. The number of nitrogens with one attached hydrogen (secondary N) is 1. The molecule has 0 aliphatic carbocycles. The molecule has 56 valence electrons. The molecule has 0 fully saturated rings. The SMILES string of the molecule is Cc1ncc(P(=O)(O)O)[nH]1. The number of aromatic amines is 1. The van der Waals surface area contributed by atoms with Gasteiger partial charge in [0.2, 0.25) is 0 Å². The molecule has 1 aromatic heterocycles. The molecule has 0 bridgehead atoms. The van der Waals surface area contributed by atoms with E-state index in [-0.39, 0.29) is 5.44 Å². The topological polar surface area (TPSA) is 86.2 Å². The lowest BCUT2D eigenvalue weighted by Gasteiger charge is -1.96. The van der Waals surface area contributed by atoms with Crippen LogP contribution < -0.4 is 5.44 Å². The molecule has 0 spiro atoms. The van der Waals surface area contributed by atoms with E-state index in [0.29, 0.717) is 5.82 Å². The smallest absolute Gasteiger partial charge is 0.336 e. The molecule has 0 aliphatic rings. The summed E-state index contributed by atoms with van der Waals surface area (Å²) in [5.74, 6) is 0.498. The van der Waals surface area contributed by atoms with E-state index in [2.05, 4.69) is 9.97 Å². The van der Waals surface area contributed by atoms with E-state index in [1.54, 1.807) is 6.92 Å². The predicted octanol–water partition coefficient (Wildman–Crippen LogP) is -0.479. The number of aromatic nitrogens is 2. The van der Waals surface area contributed by atoms with Gasteiger partial charge in [0.15, 0.2) is 0 Å². The summed E-state index contributed by atoms with van der Waals surface area (Å²) in [7, 11) is -4.12. The van der Waals surface area contributed by atoms with Crippen LogP contribution >= 0.6 is 7.60 Å². The fourth-order valence-corrected chi connectivity index (χ4v) is 1.07. The largest absolute Gasteiger partial charge is 0.373 e. The Bertz CT molecular complexity index is 276. The van der Waals surface area contributed by atoms with Crippen molar-refractivity contribution in [1.82, 2.24) is 9.97 Å². The van der Waals surface area contributed by atoms with Gasteiger partial charge in [-0.1, -0.05) is 0 Å². The fraction of sp³-hybridized carbons (Fsp3) is 0.250. The van der Waals surface area contributed by atoms with Crippen molar-refractivity contribution in [2.75, 3.05) is 0 Å². The molecule has 1 aromatic rings. The maximum Gasteiger partial charge on any atom is 0.373 e. The van der Waals surface area contributed by atoms with Crippen LogP contribution in [-0.2, 0) is 4.57 Å². The van der Waals surface area contributed by atoms with Crippen molar-refractivity contribution >= 4 is 13.0 Å². The van der Waals surface area contributed by atoms with Crippen molar-refractivity contribution in [1.29, 1.82) is 0 Å². The van der Waals surface area contributed by atoms with Crippen molar-refractivity contribution in [3.05, 3.63) is 12.0 Å². The monoisotopic (exact) mass is 162 g/mol. The summed E-state index contributed by atoms with van der Waals surface area (Å²) in [5, 5.41) is 0. The maximum absolute atomic E-state index is 10.5. The van der Waals surface area contributed by atoms with Gasteiger partial charge < -0.3 is 14.8 Å². The van der Waals surface area contributed by atoms with Gasteiger partial charge in [-0.3, -0.25) is 4.57 Å². The first-order valence-corrected chi connectivity index (χ1v) is 4.19. The molecule has 0 aliphatic heterocycles. The van der Waals surface area contributed by atoms with Crippen molar-refractivity contribution in [3.8, 4) is 0 Å². The molecular weight excluding hydrogens is 155 g/mol. The van der Waals surface area contributed by atoms with Gasteiger partial charge in [-0.25, -0.2) is 4.98 Å². The van der Waals surface area contributed by atoms with Crippen LogP contribution in [0.1, 0.15) is 5.82 Å². The Morgan fingerprint density at radius 1 is 1.70 bits per heavy atom. The Kier molecular flexibility index (Phi) is 1.64. The first-order chi connectivity index (χ1) is 4.50. The second kappa shape index (κ2) is 2.20. The molecule has 1 heterocycles. The Morgan fingerprint density at radius 2 is 2.30 bits per heavy atom. The lowest BCUT2D eigenvalue weighted by atomic mass is 10.8. The normalized spacial score (nSPS) is 11.9. The summed E-state index contributed by atoms with van der Waals surface area (Å²) in [6.07, 6.45) is 1.14. The molecule has 6 heteroatoms. The van der Waals surface area contributed by atoms with E-state index in [0.717, 1.165) is 6.20 Å². The Morgan fingerprint density at radius 3 is 2.50 bits per heavy atom. The average molecular weight is 162 g/mol.